The average molecular weight is 291 g/mol. The van der Waals surface area contributed by atoms with Gasteiger partial charge in [-0.25, -0.2) is 0 Å². The van der Waals surface area contributed by atoms with Gasteiger partial charge in [0.05, 0.1) is 6.42 Å². The van der Waals surface area contributed by atoms with Crippen molar-refractivity contribution < 1.29 is 14.7 Å². The number of anilines is 1. The molecule has 1 unspecified atom stereocenters. The van der Waals surface area contributed by atoms with E-state index in [9.17, 15) is 9.59 Å². The third kappa shape index (κ3) is 3.95. The van der Waals surface area contributed by atoms with E-state index in [1.54, 1.807) is 0 Å². The maximum Gasteiger partial charge on any atom is 0.305 e. The molecule has 0 aromatic heterocycles. The van der Waals surface area contributed by atoms with Crippen LogP contribution in [0.5, 0.6) is 0 Å². The van der Waals surface area contributed by atoms with Gasteiger partial charge in [-0.1, -0.05) is 12.1 Å². The van der Waals surface area contributed by atoms with Crippen LogP contribution in [0, 0.1) is 0 Å². The number of aliphatic carboxylic acids is 1. The molecule has 0 saturated carbocycles. The van der Waals surface area contributed by atoms with E-state index in [0.29, 0.717) is 19.6 Å². The third-order valence-corrected chi connectivity index (χ3v) is 3.65. The minimum atomic E-state index is -0.954. The van der Waals surface area contributed by atoms with Crippen LogP contribution in [0.25, 0.3) is 0 Å². The molecule has 1 fully saturated rings. The van der Waals surface area contributed by atoms with Crippen LogP contribution in [0.15, 0.2) is 24.3 Å². The smallest absolute Gasteiger partial charge is 0.305 e. The van der Waals surface area contributed by atoms with Gasteiger partial charge in [0, 0.05) is 39.4 Å². The number of carboxylic acid groups (broad SMARTS) is 1. The number of carbonyl (C=O) groups is 2. The van der Waals surface area contributed by atoms with Crippen molar-refractivity contribution in [2.45, 2.75) is 19.0 Å². The highest BCUT2D eigenvalue weighted by atomic mass is 16.4. The summed E-state index contributed by atoms with van der Waals surface area (Å²) in [6.45, 7) is 1.81. The molecule has 6 heteroatoms. The van der Waals surface area contributed by atoms with Crippen LogP contribution in [0.3, 0.4) is 0 Å². The highest BCUT2D eigenvalue weighted by Crippen LogP contribution is 2.17. The summed E-state index contributed by atoms with van der Waals surface area (Å²) in [4.78, 5) is 26.7. The number of carboxylic acids is 1. The van der Waals surface area contributed by atoms with Crippen molar-refractivity contribution in [2.24, 2.45) is 0 Å². The number of hydrogen-bond donors (Lipinski definition) is 2. The van der Waals surface area contributed by atoms with Crippen LogP contribution in [0.4, 0.5) is 5.69 Å². The fourth-order valence-corrected chi connectivity index (χ4v) is 2.47. The zero-order valence-corrected chi connectivity index (χ0v) is 12.4. The second-order valence-corrected chi connectivity index (χ2v) is 5.44. The van der Waals surface area contributed by atoms with Crippen molar-refractivity contribution in [1.29, 1.82) is 0 Å². The lowest BCUT2D eigenvalue weighted by molar-refractivity contribution is -0.143. The zero-order valence-electron chi connectivity index (χ0n) is 12.4. The van der Waals surface area contributed by atoms with Gasteiger partial charge in [-0.3, -0.25) is 14.5 Å². The van der Waals surface area contributed by atoms with E-state index in [1.807, 2.05) is 48.2 Å². The Bertz CT molecular complexity index is 513. The van der Waals surface area contributed by atoms with Crippen LogP contribution in [0.1, 0.15) is 12.0 Å². The van der Waals surface area contributed by atoms with Crippen LogP contribution in [0.2, 0.25) is 0 Å². The lowest BCUT2D eigenvalue weighted by Crippen LogP contribution is -2.55. The molecule has 1 aromatic rings. The molecule has 2 rings (SSSR count). The fourth-order valence-electron chi connectivity index (χ4n) is 2.47. The van der Waals surface area contributed by atoms with Gasteiger partial charge in [-0.2, -0.15) is 0 Å². The summed E-state index contributed by atoms with van der Waals surface area (Å²) in [6.07, 6.45) is -0.165. The van der Waals surface area contributed by atoms with E-state index in [-0.39, 0.29) is 12.3 Å². The number of benzene rings is 1. The Labute approximate surface area is 124 Å². The normalized spacial score (nSPS) is 19.1. The first kappa shape index (κ1) is 15.3. The Hall–Kier alpha value is -2.08. The number of piperazine rings is 1. The average Bonchev–Trinajstić information content (AvgIpc) is 2.43. The summed E-state index contributed by atoms with van der Waals surface area (Å²) in [5.41, 5.74) is 2.18. The maximum absolute atomic E-state index is 11.9. The molecule has 1 atom stereocenters. The molecule has 1 aliphatic rings. The van der Waals surface area contributed by atoms with Crippen LogP contribution in [-0.2, 0) is 16.1 Å². The molecule has 0 radical (unpaired) electrons. The van der Waals surface area contributed by atoms with Gasteiger partial charge in [-0.15, -0.1) is 0 Å². The van der Waals surface area contributed by atoms with E-state index >= 15 is 0 Å². The summed E-state index contributed by atoms with van der Waals surface area (Å²) in [5.74, 6) is -1.15. The summed E-state index contributed by atoms with van der Waals surface area (Å²) in [6, 6.07) is 7.47. The van der Waals surface area contributed by atoms with Crippen molar-refractivity contribution in [3.63, 3.8) is 0 Å². The maximum atomic E-state index is 11.9. The van der Waals surface area contributed by atoms with Crippen LogP contribution < -0.4 is 10.2 Å². The van der Waals surface area contributed by atoms with Crippen molar-refractivity contribution in [1.82, 2.24) is 10.2 Å². The molecule has 21 heavy (non-hydrogen) atoms. The van der Waals surface area contributed by atoms with Gasteiger partial charge in [0.25, 0.3) is 0 Å². The second-order valence-electron chi connectivity index (χ2n) is 5.44. The fraction of sp³-hybridized carbons (Fsp3) is 0.467. The Morgan fingerprint density at radius 2 is 2.05 bits per heavy atom. The molecule has 1 amide bonds. The first-order valence-electron chi connectivity index (χ1n) is 6.97. The molecular weight excluding hydrogens is 270 g/mol. The van der Waals surface area contributed by atoms with Gasteiger partial charge in [0.15, 0.2) is 0 Å². The van der Waals surface area contributed by atoms with Crippen molar-refractivity contribution >= 4 is 17.6 Å². The number of rotatable bonds is 5. The molecule has 1 saturated heterocycles. The van der Waals surface area contributed by atoms with Crippen molar-refractivity contribution in [3.05, 3.63) is 29.8 Å². The molecule has 6 nitrogen and oxygen atoms in total. The third-order valence-electron chi connectivity index (χ3n) is 3.65. The number of hydrogen-bond acceptors (Lipinski definition) is 4. The van der Waals surface area contributed by atoms with E-state index in [4.69, 9.17) is 5.11 Å². The molecule has 0 aliphatic carbocycles. The van der Waals surface area contributed by atoms with Crippen LogP contribution in [-0.4, -0.2) is 55.1 Å². The highest BCUT2D eigenvalue weighted by Gasteiger charge is 2.31. The summed E-state index contributed by atoms with van der Waals surface area (Å²) in [5, 5.41) is 11.7. The quantitative estimate of drug-likeness (QED) is 0.828. The predicted octanol–water partition coefficient (Wildman–Crippen LogP) is 0.528. The van der Waals surface area contributed by atoms with Gasteiger partial charge < -0.3 is 15.3 Å². The monoisotopic (exact) mass is 291 g/mol. The largest absolute Gasteiger partial charge is 0.481 e. The molecule has 1 aliphatic heterocycles. The van der Waals surface area contributed by atoms with Crippen LogP contribution >= 0.6 is 0 Å². The highest BCUT2D eigenvalue weighted by molar-refractivity contribution is 5.86. The Morgan fingerprint density at radius 3 is 2.62 bits per heavy atom. The Balaban J connectivity index is 2.08. The van der Waals surface area contributed by atoms with Crippen molar-refractivity contribution in [2.75, 3.05) is 32.1 Å². The molecule has 114 valence electrons. The number of amides is 1. The van der Waals surface area contributed by atoms with E-state index in [0.717, 1.165) is 11.3 Å². The molecule has 0 bridgehead atoms. The molecule has 2 N–H and O–H groups in total. The first-order valence-corrected chi connectivity index (χ1v) is 6.97. The number of nitrogens with one attached hydrogen (secondary N) is 1. The topological polar surface area (TPSA) is 72.9 Å². The Morgan fingerprint density at radius 1 is 1.38 bits per heavy atom. The minimum Gasteiger partial charge on any atom is -0.481 e. The van der Waals surface area contributed by atoms with E-state index in [1.165, 1.54) is 0 Å². The zero-order chi connectivity index (χ0) is 15.4. The van der Waals surface area contributed by atoms with E-state index < -0.39 is 12.0 Å². The standard InChI is InChI=1S/C15H21N3O3/c1-17(2)12-5-3-11(4-6-12)10-18-8-7-16-15(21)13(18)9-14(19)20/h3-6,13H,7-10H2,1-2H3,(H,16,21)(H,19,20). The summed E-state index contributed by atoms with van der Waals surface area (Å²) < 4.78 is 0. The number of carbonyl (C=O) groups excluding carboxylic acids is 1. The summed E-state index contributed by atoms with van der Waals surface area (Å²) >= 11 is 0. The van der Waals surface area contributed by atoms with Gasteiger partial charge >= 0.3 is 5.97 Å². The second kappa shape index (κ2) is 6.58. The molecule has 0 spiro atoms. The molecule has 1 heterocycles. The minimum absolute atomic E-state index is 0.165. The first-order chi connectivity index (χ1) is 9.97. The van der Waals surface area contributed by atoms with E-state index in [2.05, 4.69) is 5.32 Å². The summed E-state index contributed by atoms with van der Waals surface area (Å²) in [7, 11) is 3.96. The predicted molar refractivity (Wildman–Crippen MR) is 80.2 cm³/mol. The SMILES string of the molecule is CN(C)c1ccc(CN2CCNC(=O)C2CC(=O)O)cc1. The van der Waals surface area contributed by atoms with Gasteiger partial charge in [-0.05, 0) is 17.7 Å². The Kier molecular flexibility index (Phi) is 4.80. The van der Waals surface area contributed by atoms with Gasteiger partial charge in [0.2, 0.25) is 5.91 Å². The number of nitrogens with zero attached hydrogens (tertiary/aromatic N) is 2. The van der Waals surface area contributed by atoms with Crippen molar-refractivity contribution in [3.8, 4) is 0 Å². The lowest BCUT2D eigenvalue weighted by atomic mass is 10.1. The lowest BCUT2D eigenvalue weighted by Gasteiger charge is -2.34. The molecular formula is C15H21N3O3. The van der Waals surface area contributed by atoms with Gasteiger partial charge in [0.1, 0.15) is 6.04 Å². The molecule has 1 aromatic carbocycles.